The standard InChI is InChI=1S/C13H18ClNO2/c1-16-13-11(8-15-17-2)10-6-4-3-5-9(10)7-12(13)14/h7,15H,3-6,8H2,1-2H3. The van der Waals surface area contributed by atoms with Crippen LogP contribution in [0.1, 0.15) is 29.5 Å². The minimum absolute atomic E-state index is 0.628. The molecule has 94 valence electrons. The molecule has 4 heteroatoms. The van der Waals surface area contributed by atoms with Crippen LogP contribution in [0.5, 0.6) is 5.75 Å². The van der Waals surface area contributed by atoms with E-state index >= 15 is 0 Å². The van der Waals surface area contributed by atoms with E-state index in [9.17, 15) is 0 Å². The monoisotopic (exact) mass is 255 g/mol. The van der Waals surface area contributed by atoms with E-state index in [1.807, 2.05) is 6.07 Å². The van der Waals surface area contributed by atoms with E-state index in [1.54, 1.807) is 14.2 Å². The van der Waals surface area contributed by atoms with Gasteiger partial charge in [-0.1, -0.05) is 11.6 Å². The molecular formula is C13H18ClNO2. The fourth-order valence-corrected chi connectivity index (χ4v) is 2.81. The first kappa shape index (κ1) is 12.7. The van der Waals surface area contributed by atoms with Crippen molar-refractivity contribution in [1.29, 1.82) is 0 Å². The van der Waals surface area contributed by atoms with Gasteiger partial charge in [0.15, 0.2) is 0 Å². The maximum absolute atomic E-state index is 6.25. The summed E-state index contributed by atoms with van der Waals surface area (Å²) in [4.78, 5) is 4.93. The van der Waals surface area contributed by atoms with Gasteiger partial charge in [-0.15, -0.1) is 0 Å². The molecule has 1 N–H and O–H groups in total. The summed E-state index contributed by atoms with van der Waals surface area (Å²) in [5.41, 5.74) is 6.75. The number of fused-ring (bicyclic) bond motifs is 1. The summed E-state index contributed by atoms with van der Waals surface area (Å²) in [6, 6.07) is 2.05. The average molecular weight is 256 g/mol. The Kier molecular flexibility index (Phi) is 4.26. The minimum Gasteiger partial charge on any atom is -0.495 e. The van der Waals surface area contributed by atoms with Crippen molar-refractivity contribution in [3.8, 4) is 5.75 Å². The molecule has 0 amide bonds. The van der Waals surface area contributed by atoms with Crippen LogP contribution in [0.15, 0.2) is 6.07 Å². The fraction of sp³-hybridized carbons (Fsp3) is 0.538. The highest BCUT2D eigenvalue weighted by atomic mass is 35.5. The molecule has 0 fully saturated rings. The van der Waals surface area contributed by atoms with Crippen LogP contribution in [-0.2, 0) is 24.2 Å². The Labute approximate surface area is 107 Å². The van der Waals surface area contributed by atoms with Crippen molar-refractivity contribution >= 4 is 11.6 Å². The van der Waals surface area contributed by atoms with Crippen molar-refractivity contribution in [3.63, 3.8) is 0 Å². The van der Waals surface area contributed by atoms with Gasteiger partial charge < -0.3 is 9.57 Å². The first-order valence-corrected chi connectivity index (χ1v) is 6.28. The number of rotatable bonds is 4. The van der Waals surface area contributed by atoms with Gasteiger partial charge in [0.2, 0.25) is 0 Å². The van der Waals surface area contributed by atoms with Crippen molar-refractivity contribution in [3.05, 3.63) is 27.8 Å². The van der Waals surface area contributed by atoms with E-state index in [0.717, 1.165) is 24.2 Å². The Morgan fingerprint density at radius 1 is 1.29 bits per heavy atom. The van der Waals surface area contributed by atoms with Crippen LogP contribution in [0.25, 0.3) is 0 Å². The molecule has 1 aromatic carbocycles. The number of hydrogen-bond acceptors (Lipinski definition) is 3. The molecule has 0 aromatic heterocycles. The molecule has 2 rings (SSSR count). The first-order chi connectivity index (χ1) is 8.27. The average Bonchev–Trinajstić information content (AvgIpc) is 2.35. The summed E-state index contributed by atoms with van der Waals surface area (Å²) in [5, 5.41) is 0.695. The summed E-state index contributed by atoms with van der Waals surface area (Å²) in [6.07, 6.45) is 4.69. The lowest BCUT2D eigenvalue weighted by Gasteiger charge is -2.22. The Balaban J connectivity index is 2.45. The highest BCUT2D eigenvalue weighted by molar-refractivity contribution is 6.32. The molecule has 0 saturated heterocycles. The van der Waals surface area contributed by atoms with Crippen molar-refractivity contribution in [1.82, 2.24) is 5.48 Å². The molecule has 0 radical (unpaired) electrons. The number of halogens is 1. The van der Waals surface area contributed by atoms with E-state index < -0.39 is 0 Å². The summed E-state index contributed by atoms with van der Waals surface area (Å²) < 4.78 is 5.41. The molecule has 0 spiro atoms. The second-order valence-corrected chi connectivity index (χ2v) is 4.65. The molecule has 3 nitrogen and oxygen atoms in total. The van der Waals surface area contributed by atoms with Crippen LogP contribution < -0.4 is 10.2 Å². The van der Waals surface area contributed by atoms with Gasteiger partial charge in [0, 0.05) is 5.56 Å². The minimum atomic E-state index is 0.628. The number of aryl methyl sites for hydroxylation is 1. The topological polar surface area (TPSA) is 30.5 Å². The van der Waals surface area contributed by atoms with Gasteiger partial charge in [-0.2, -0.15) is 5.48 Å². The lowest BCUT2D eigenvalue weighted by atomic mass is 9.87. The number of nitrogens with one attached hydrogen (secondary N) is 1. The first-order valence-electron chi connectivity index (χ1n) is 5.91. The van der Waals surface area contributed by atoms with E-state index in [4.69, 9.17) is 21.2 Å². The zero-order valence-electron chi connectivity index (χ0n) is 10.3. The largest absolute Gasteiger partial charge is 0.495 e. The molecule has 0 heterocycles. The Bertz CT molecular complexity index is 407. The van der Waals surface area contributed by atoms with Crippen molar-refractivity contribution in [2.75, 3.05) is 14.2 Å². The summed E-state index contributed by atoms with van der Waals surface area (Å²) >= 11 is 6.25. The Hall–Kier alpha value is -0.770. The van der Waals surface area contributed by atoms with Gasteiger partial charge >= 0.3 is 0 Å². The van der Waals surface area contributed by atoms with Gasteiger partial charge in [0.1, 0.15) is 5.75 Å². The zero-order valence-corrected chi connectivity index (χ0v) is 11.1. The predicted octanol–water partition coefficient (Wildman–Crippen LogP) is 2.88. The lowest BCUT2D eigenvalue weighted by Crippen LogP contribution is -2.16. The Morgan fingerprint density at radius 2 is 2.06 bits per heavy atom. The van der Waals surface area contributed by atoms with Gasteiger partial charge in [0.05, 0.1) is 25.8 Å². The van der Waals surface area contributed by atoms with E-state index in [2.05, 4.69) is 5.48 Å². The molecule has 0 bridgehead atoms. The third-order valence-corrected chi connectivity index (χ3v) is 3.54. The predicted molar refractivity (Wildman–Crippen MR) is 68.5 cm³/mol. The molecule has 0 unspecified atom stereocenters. The molecule has 1 aromatic rings. The van der Waals surface area contributed by atoms with Gasteiger partial charge in [-0.3, -0.25) is 0 Å². The quantitative estimate of drug-likeness (QED) is 0.840. The maximum Gasteiger partial charge on any atom is 0.142 e. The second-order valence-electron chi connectivity index (χ2n) is 4.24. The van der Waals surface area contributed by atoms with Crippen LogP contribution in [0.3, 0.4) is 0 Å². The zero-order chi connectivity index (χ0) is 12.3. The molecule has 0 atom stereocenters. The number of methoxy groups -OCH3 is 1. The molecule has 0 saturated carbocycles. The Morgan fingerprint density at radius 3 is 2.76 bits per heavy atom. The van der Waals surface area contributed by atoms with Crippen LogP contribution in [0.2, 0.25) is 5.02 Å². The van der Waals surface area contributed by atoms with Crippen molar-refractivity contribution in [2.45, 2.75) is 32.2 Å². The molecule has 0 aliphatic heterocycles. The van der Waals surface area contributed by atoms with Crippen LogP contribution in [0, 0.1) is 0 Å². The third-order valence-electron chi connectivity index (χ3n) is 3.26. The van der Waals surface area contributed by atoms with Gasteiger partial charge in [-0.25, -0.2) is 0 Å². The van der Waals surface area contributed by atoms with Crippen LogP contribution in [-0.4, -0.2) is 14.2 Å². The highest BCUT2D eigenvalue weighted by Crippen LogP contribution is 2.37. The molecule has 1 aliphatic rings. The molecular weight excluding hydrogens is 238 g/mol. The number of hydrogen-bond donors (Lipinski definition) is 1. The SMILES string of the molecule is CONCc1c2c(cc(Cl)c1OC)CCCC2. The van der Waals surface area contributed by atoms with Crippen LogP contribution >= 0.6 is 11.6 Å². The normalized spacial score (nSPS) is 14.5. The summed E-state index contributed by atoms with van der Waals surface area (Å²) in [6.45, 7) is 0.628. The fourth-order valence-electron chi connectivity index (χ4n) is 2.48. The summed E-state index contributed by atoms with van der Waals surface area (Å²) in [5.74, 6) is 0.775. The van der Waals surface area contributed by atoms with Crippen molar-refractivity contribution in [2.24, 2.45) is 0 Å². The maximum atomic E-state index is 6.25. The third kappa shape index (κ3) is 2.57. The second kappa shape index (κ2) is 5.71. The van der Waals surface area contributed by atoms with Crippen LogP contribution in [0.4, 0.5) is 0 Å². The molecule has 17 heavy (non-hydrogen) atoms. The molecule has 1 aliphatic carbocycles. The number of benzene rings is 1. The van der Waals surface area contributed by atoms with E-state index in [0.29, 0.717) is 11.6 Å². The smallest absolute Gasteiger partial charge is 0.142 e. The lowest BCUT2D eigenvalue weighted by molar-refractivity contribution is 0.0859. The number of ether oxygens (including phenoxy) is 1. The van der Waals surface area contributed by atoms with Gasteiger partial charge in [-0.05, 0) is 42.9 Å². The van der Waals surface area contributed by atoms with E-state index in [-0.39, 0.29) is 0 Å². The van der Waals surface area contributed by atoms with Gasteiger partial charge in [0.25, 0.3) is 0 Å². The number of hydroxylamine groups is 1. The highest BCUT2D eigenvalue weighted by Gasteiger charge is 2.19. The summed E-state index contributed by atoms with van der Waals surface area (Å²) in [7, 11) is 3.27. The van der Waals surface area contributed by atoms with E-state index in [1.165, 1.54) is 24.0 Å². The van der Waals surface area contributed by atoms with Crippen molar-refractivity contribution < 1.29 is 9.57 Å².